The van der Waals surface area contributed by atoms with Gasteiger partial charge in [0.2, 0.25) is 11.7 Å². The molecule has 2 aliphatic heterocycles. The zero-order valence-electron chi connectivity index (χ0n) is 16.9. The molecule has 3 heterocycles. The zero-order chi connectivity index (χ0) is 20.1. The Morgan fingerprint density at radius 1 is 1.29 bits per heavy atom. The monoisotopic (exact) mass is 392 g/mol. The maximum atomic E-state index is 12.7. The molecule has 8 nitrogen and oxygen atoms in total. The Kier molecular flexibility index (Phi) is 6.72. The molecule has 0 unspecified atom stereocenters. The molecule has 8 heteroatoms. The van der Waals surface area contributed by atoms with Crippen LogP contribution in [0.4, 0.5) is 0 Å². The maximum Gasteiger partial charge on any atom is 0.292 e. The van der Waals surface area contributed by atoms with Crippen molar-refractivity contribution in [3.8, 4) is 0 Å². The molecule has 2 aliphatic rings. The minimum absolute atomic E-state index is 0.0171. The Bertz CT molecular complexity index is 684. The fourth-order valence-electron chi connectivity index (χ4n) is 4.21. The van der Waals surface area contributed by atoms with E-state index in [1.54, 1.807) is 17.9 Å². The van der Waals surface area contributed by atoms with E-state index in [2.05, 4.69) is 15.4 Å². The molecule has 0 saturated carbocycles. The summed E-state index contributed by atoms with van der Waals surface area (Å²) >= 11 is 0. The Balaban J connectivity index is 1.51. The number of amides is 2. The van der Waals surface area contributed by atoms with E-state index in [0.717, 1.165) is 44.5 Å². The second-order valence-electron chi connectivity index (χ2n) is 8.16. The Morgan fingerprint density at radius 2 is 2.04 bits per heavy atom. The molecule has 2 amide bonds. The summed E-state index contributed by atoms with van der Waals surface area (Å²) < 4.78 is 5.18. The van der Waals surface area contributed by atoms with Crippen molar-refractivity contribution in [2.24, 2.45) is 0 Å². The van der Waals surface area contributed by atoms with Crippen molar-refractivity contribution < 1.29 is 19.2 Å². The van der Waals surface area contributed by atoms with Crippen LogP contribution >= 0.6 is 0 Å². The largest absolute Gasteiger partial charge is 0.388 e. The molecule has 0 aliphatic carbocycles. The van der Waals surface area contributed by atoms with Crippen molar-refractivity contribution in [2.75, 3.05) is 32.7 Å². The third kappa shape index (κ3) is 5.32. The van der Waals surface area contributed by atoms with Crippen molar-refractivity contribution in [1.82, 2.24) is 20.3 Å². The molecule has 0 radical (unpaired) electrons. The third-order valence-electron chi connectivity index (χ3n) is 5.85. The van der Waals surface area contributed by atoms with Crippen LogP contribution in [0.2, 0.25) is 0 Å². The molecular formula is C20H32N4O4. The summed E-state index contributed by atoms with van der Waals surface area (Å²) in [4.78, 5) is 27.9. The van der Waals surface area contributed by atoms with E-state index in [1.807, 2.05) is 6.92 Å². The van der Waals surface area contributed by atoms with Gasteiger partial charge in [0.25, 0.3) is 5.91 Å². The highest BCUT2D eigenvalue weighted by atomic mass is 16.5. The molecule has 1 aromatic heterocycles. The number of carbonyl (C=O) groups is 2. The molecule has 2 saturated heterocycles. The molecular weight excluding hydrogens is 360 g/mol. The van der Waals surface area contributed by atoms with E-state index in [1.165, 1.54) is 0 Å². The van der Waals surface area contributed by atoms with Crippen LogP contribution in [0.25, 0.3) is 0 Å². The number of rotatable bonds is 5. The summed E-state index contributed by atoms with van der Waals surface area (Å²) in [6, 6.07) is 1.94. The molecule has 1 aromatic rings. The molecule has 1 atom stereocenters. The van der Waals surface area contributed by atoms with Gasteiger partial charge in [0.15, 0.2) is 0 Å². The SMILES string of the molecule is CCc1cc(C(=O)N2CCC[C@@](O)(CN3CCC(NC(C)=O)CC3)CC2)on1. The van der Waals surface area contributed by atoms with Crippen LogP contribution in [0.3, 0.4) is 0 Å². The number of aliphatic hydroxyl groups is 1. The quantitative estimate of drug-likeness (QED) is 0.781. The first-order valence-corrected chi connectivity index (χ1v) is 10.4. The van der Waals surface area contributed by atoms with Crippen LogP contribution in [0.1, 0.15) is 62.2 Å². The van der Waals surface area contributed by atoms with E-state index in [-0.39, 0.29) is 23.6 Å². The average Bonchev–Trinajstić information content (AvgIpc) is 3.06. The summed E-state index contributed by atoms with van der Waals surface area (Å²) in [5.41, 5.74) is -0.0105. The maximum absolute atomic E-state index is 12.7. The zero-order valence-corrected chi connectivity index (χ0v) is 16.9. The number of hydrogen-bond acceptors (Lipinski definition) is 6. The van der Waals surface area contributed by atoms with Crippen molar-refractivity contribution in [1.29, 1.82) is 0 Å². The highest BCUT2D eigenvalue weighted by Gasteiger charge is 2.35. The van der Waals surface area contributed by atoms with Gasteiger partial charge in [0.05, 0.1) is 11.3 Å². The van der Waals surface area contributed by atoms with Crippen LogP contribution in [0, 0.1) is 0 Å². The number of nitrogens with zero attached hydrogens (tertiary/aromatic N) is 3. The topological polar surface area (TPSA) is 98.9 Å². The highest BCUT2D eigenvalue weighted by Crippen LogP contribution is 2.26. The molecule has 2 N–H and O–H groups in total. The van der Waals surface area contributed by atoms with Crippen LogP contribution in [-0.2, 0) is 11.2 Å². The van der Waals surface area contributed by atoms with Crippen LogP contribution in [0.5, 0.6) is 0 Å². The van der Waals surface area contributed by atoms with E-state index >= 15 is 0 Å². The highest BCUT2D eigenvalue weighted by molar-refractivity contribution is 5.91. The van der Waals surface area contributed by atoms with Gasteiger partial charge in [0, 0.05) is 51.8 Å². The summed E-state index contributed by atoms with van der Waals surface area (Å²) in [5, 5.41) is 18.0. The molecule has 0 aromatic carbocycles. The van der Waals surface area contributed by atoms with E-state index in [9.17, 15) is 14.7 Å². The summed E-state index contributed by atoms with van der Waals surface area (Å²) in [5.74, 6) is 0.151. The average molecular weight is 393 g/mol. The van der Waals surface area contributed by atoms with Gasteiger partial charge in [-0.1, -0.05) is 12.1 Å². The van der Waals surface area contributed by atoms with Crippen molar-refractivity contribution in [2.45, 2.75) is 64.0 Å². The summed E-state index contributed by atoms with van der Waals surface area (Å²) in [6.45, 7) is 7.01. The normalized spacial score (nSPS) is 24.8. The van der Waals surface area contributed by atoms with Crippen molar-refractivity contribution >= 4 is 11.8 Å². The first kappa shape index (κ1) is 20.8. The lowest BCUT2D eigenvalue weighted by Gasteiger charge is -2.38. The van der Waals surface area contributed by atoms with Gasteiger partial charge in [-0.05, 0) is 38.5 Å². The minimum atomic E-state index is -0.786. The minimum Gasteiger partial charge on any atom is -0.388 e. The van der Waals surface area contributed by atoms with Gasteiger partial charge in [-0.2, -0.15) is 0 Å². The summed E-state index contributed by atoms with van der Waals surface area (Å²) in [7, 11) is 0. The summed E-state index contributed by atoms with van der Waals surface area (Å²) in [6.07, 6.45) is 4.55. The lowest BCUT2D eigenvalue weighted by molar-refractivity contribution is -0.120. The van der Waals surface area contributed by atoms with Gasteiger partial charge >= 0.3 is 0 Å². The van der Waals surface area contributed by atoms with Crippen LogP contribution < -0.4 is 5.32 Å². The van der Waals surface area contributed by atoms with E-state index < -0.39 is 5.60 Å². The van der Waals surface area contributed by atoms with E-state index in [4.69, 9.17) is 4.52 Å². The van der Waals surface area contributed by atoms with Gasteiger partial charge in [-0.3, -0.25) is 9.59 Å². The fraction of sp³-hybridized carbons (Fsp3) is 0.750. The lowest BCUT2D eigenvalue weighted by atomic mass is 9.93. The number of nitrogens with one attached hydrogen (secondary N) is 1. The number of piperidine rings is 1. The molecule has 3 rings (SSSR count). The second-order valence-corrected chi connectivity index (χ2v) is 8.16. The Hall–Kier alpha value is -1.93. The van der Waals surface area contributed by atoms with Gasteiger partial charge in [0.1, 0.15) is 0 Å². The van der Waals surface area contributed by atoms with Gasteiger partial charge in [-0.15, -0.1) is 0 Å². The van der Waals surface area contributed by atoms with Crippen LogP contribution in [-0.4, -0.2) is 76.2 Å². The second kappa shape index (κ2) is 9.05. The van der Waals surface area contributed by atoms with Gasteiger partial charge in [-0.25, -0.2) is 0 Å². The molecule has 28 heavy (non-hydrogen) atoms. The number of β-amino-alcohol motifs (C(OH)–C–C–N with tert-alkyl or cyclic N) is 1. The number of aryl methyl sites for hydroxylation is 1. The number of carbonyl (C=O) groups excluding carboxylic acids is 2. The fourth-order valence-corrected chi connectivity index (χ4v) is 4.21. The predicted molar refractivity (Wildman–Crippen MR) is 104 cm³/mol. The van der Waals surface area contributed by atoms with Gasteiger partial charge < -0.3 is 24.7 Å². The van der Waals surface area contributed by atoms with Crippen molar-refractivity contribution in [3.05, 3.63) is 17.5 Å². The lowest BCUT2D eigenvalue weighted by Crippen LogP contribution is -2.50. The molecule has 156 valence electrons. The smallest absolute Gasteiger partial charge is 0.292 e. The standard InChI is InChI=1S/C20H32N4O4/c1-3-16-13-18(28-22-16)19(26)24-9-4-7-20(27,8-12-24)14-23-10-5-17(6-11-23)21-15(2)25/h13,17,27H,3-12,14H2,1-2H3,(H,21,25)/t20-/m0/s1. The Labute approximate surface area is 166 Å². The molecule has 0 bridgehead atoms. The number of likely N-dealkylation sites (tertiary alicyclic amines) is 2. The number of aromatic nitrogens is 1. The van der Waals surface area contributed by atoms with Crippen LogP contribution in [0.15, 0.2) is 10.6 Å². The molecule has 2 fully saturated rings. The van der Waals surface area contributed by atoms with E-state index in [0.29, 0.717) is 32.5 Å². The molecule has 0 spiro atoms. The van der Waals surface area contributed by atoms with Crippen molar-refractivity contribution in [3.63, 3.8) is 0 Å². The first-order valence-electron chi connectivity index (χ1n) is 10.4. The Morgan fingerprint density at radius 3 is 2.68 bits per heavy atom. The number of hydrogen-bond donors (Lipinski definition) is 2. The predicted octanol–water partition coefficient (Wildman–Crippen LogP) is 1.19. The third-order valence-corrected chi connectivity index (χ3v) is 5.85. The first-order chi connectivity index (χ1) is 13.4.